The Bertz CT molecular complexity index is 143. The number of hydrogen-bond donors (Lipinski definition) is 0. The Morgan fingerprint density at radius 2 is 1.44 bits per heavy atom. The zero-order valence-electron chi connectivity index (χ0n) is 4.88. The van der Waals surface area contributed by atoms with E-state index in [0.717, 1.165) is 4.90 Å². The molecule has 0 saturated heterocycles. The summed E-state index contributed by atoms with van der Waals surface area (Å²) in [5.41, 5.74) is 0. The molecule has 0 spiro atoms. The Labute approximate surface area is 83.0 Å². The second-order valence-corrected chi connectivity index (χ2v) is 1.78. The molecule has 0 aromatic heterocycles. The second-order valence-electron chi connectivity index (χ2n) is 1.31. The Morgan fingerprint density at radius 1 is 1.00 bits per heavy atom. The molecule has 0 aliphatic rings. The Balaban J connectivity index is 0. The van der Waals surface area contributed by atoms with E-state index in [1.54, 1.807) is 0 Å². The van der Waals surface area contributed by atoms with Crippen molar-refractivity contribution >= 4 is 35.7 Å². The maximum Gasteiger partial charge on any atom is 2.00 e. The van der Waals surface area contributed by atoms with Crippen LogP contribution in [-0.4, -0.2) is 23.1 Å². The minimum Gasteiger partial charge on any atom is -1.00 e. The van der Waals surface area contributed by atoms with Gasteiger partial charge in [-0.15, -0.1) is 0 Å². The van der Waals surface area contributed by atoms with Gasteiger partial charge in [-0.1, -0.05) is 30.3 Å². The standard InChI is InChI=1S/C6H6S.ClH.Mg/c7-6-4-2-1-3-5-6;;/h1-5,7H;1H;/q;;+2/p-2. The van der Waals surface area contributed by atoms with Crippen LogP contribution in [0.3, 0.4) is 0 Å². The Morgan fingerprint density at radius 3 is 1.67 bits per heavy atom. The third-order valence-corrected chi connectivity index (χ3v) is 1.02. The van der Waals surface area contributed by atoms with Crippen molar-refractivity contribution in [1.82, 2.24) is 0 Å². The fourth-order valence-electron chi connectivity index (χ4n) is 0.420. The molecule has 0 nitrogen and oxygen atoms in total. The molecule has 9 heavy (non-hydrogen) atoms. The van der Waals surface area contributed by atoms with Crippen LogP contribution >= 0.6 is 0 Å². The average molecular weight is 169 g/mol. The van der Waals surface area contributed by atoms with Crippen LogP contribution in [0.4, 0.5) is 0 Å². The van der Waals surface area contributed by atoms with Crippen molar-refractivity contribution in [3.63, 3.8) is 0 Å². The predicted octanol–water partition coefficient (Wildman–Crippen LogP) is -1.78. The van der Waals surface area contributed by atoms with Gasteiger partial charge in [-0.05, 0) is 0 Å². The summed E-state index contributed by atoms with van der Waals surface area (Å²) in [7, 11) is 0. The van der Waals surface area contributed by atoms with Gasteiger partial charge in [0.15, 0.2) is 0 Å². The fourth-order valence-corrected chi connectivity index (χ4v) is 0.578. The van der Waals surface area contributed by atoms with E-state index in [9.17, 15) is 0 Å². The van der Waals surface area contributed by atoms with Crippen LogP contribution in [0, 0.1) is 0 Å². The summed E-state index contributed by atoms with van der Waals surface area (Å²) in [6, 6.07) is 9.62. The van der Waals surface area contributed by atoms with Gasteiger partial charge in [0.1, 0.15) is 0 Å². The van der Waals surface area contributed by atoms with Crippen molar-refractivity contribution in [2.75, 3.05) is 0 Å². The molecule has 0 aliphatic heterocycles. The SMILES string of the molecule is [Cl-].[Mg+2].[S-]c1ccccc1. The third kappa shape index (κ3) is 4.97. The Kier molecular flexibility index (Phi) is 8.96. The normalized spacial score (nSPS) is 6.67. The van der Waals surface area contributed by atoms with E-state index in [2.05, 4.69) is 0 Å². The number of benzene rings is 1. The maximum atomic E-state index is 4.81. The van der Waals surface area contributed by atoms with E-state index in [1.165, 1.54) is 0 Å². The molecule has 0 fully saturated rings. The van der Waals surface area contributed by atoms with E-state index in [1.807, 2.05) is 30.3 Å². The minimum absolute atomic E-state index is 0. The van der Waals surface area contributed by atoms with Crippen LogP contribution in [0.15, 0.2) is 35.2 Å². The van der Waals surface area contributed by atoms with Gasteiger partial charge in [-0.25, -0.2) is 0 Å². The molecule has 0 bridgehead atoms. The first kappa shape index (κ1) is 12.2. The van der Waals surface area contributed by atoms with Gasteiger partial charge < -0.3 is 25.0 Å². The number of halogens is 1. The van der Waals surface area contributed by atoms with E-state index < -0.39 is 0 Å². The molecule has 1 aromatic carbocycles. The van der Waals surface area contributed by atoms with Gasteiger partial charge >= 0.3 is 23.1 Å². The van der Waals surface area contributed by atoms with Crippen molar-refractivity contribution in [3.05, 3.63) is 30.3 Å². The molecular formula is C6H5ClMgS. The fraction of sp³-hybridized carbons (Fsp3) is 0. The number of hydrogen-bond acceptors (Lipinski definition) is 1. The summed E-state index contributed by atoms with van der Waals surface area (Å²) in [5, 5.41) is 0. The first-order valence-corrected chi connectivity index (χ1v) is 2.52. The first-order chi connectivity index (χ1) is 3.39. The van der Waals surface area contributed by atoms with Crippen molar-refractivity contribution < 1.29 is 12.4 Å². The van der Waals surface area contributed by atoms with Crippen molar-refractivity contribution in [2.24, 2.45) is 0 Å². The molecule has 0 radical (unpaired) electrons. The topological polar surface area (TPSA) is 0 Å². The predicted molar refractivity (Wildman–Crippen MR) is 37.8 cm³/mol. The van der Waals surface area contributed by atoms with Crippen LogP contribution in [-0.2, 0) is 12.6 Å². The molecule has 3 heteroatoms. The maximum absolute atomic E-state index is 4.81. The molecule has 0 amide bonds. The van der Waals surface area contributed by atoms with Crippen LogP contribution < -0.4 is 12.4 Å². The summed E-state index contributed by atoms with van der Waals surface area (Å²) >= 11 is 4.81. The van der Waals surface area contributed by atoms with Crippen LogP contribution in [0.1, 0.15) is 0 Å². The molecule has 0 heterocycles. The molecule has 0 atom stereocenters. The molecule has 44 valence electrons. The molecular weight excluding hydrogens is 164 g/mol. The zero-order valence-corrected chi connectivity index (χ0v) is 7.87. The first-order valence-electron chi connectivity index (χ1n) is 2.11. The van der Waals surface area contributed by atoms with Crippen LogP contribution in [0.25, 0.3) is 0 Å². The molecule has 1 aromatic rings. The van der Waals surface area contributed by atoms with Gasteiger partial charge in [0.2, 0.25) is 0 Å². The Hall–Kier alpha value is 0.496. The van der Waals surface area contributed by atoms with E-state index >= 15 is 0 Å². The average Bonchev–Trinajstić information content (AvgIpc) is 1.69. The molecule has 0 saturated carbocycles. The van der Waals surface area contributed by atoms with Crippen molar-refractivity contribution in [1.29, 1.82) is 0 Å². The summed E-state index contributed by atoms with van der Waals surface area (Å²) < 4.78 is 0. The van der Waals surface area contributed by atoms with Gasteiger partial charge in [-0.3, -0.25) is 0 Å². The van der Waals surface area contributed by atoms with Gasteiger partial charge in [0.05, 0.1) is 0 Å². The molecule has 0 aliphatic carbocycles. The minimum atomic E-state index is 0. The smallest absolute Gasteiger partial charge is 1.00 e. The van der Waals surface area contributed by atoms with Gasteiger partial charge in [0, 0.05) is 0 Å². The summed E-state index contributed by atoms with van der Waals surface area (Å²) in [6.45, 7) is 0. The molecule has 1 rings (SSSR count). The van der Waals surface area contributed by atoms with Crippen molar-refractivity contribution in [2.45, 2.75) is 4.90 Å². The molecule has 0 N–H and O–H groups in total. The van der Waals surface area contributed by atoms with Gasteiger partial charge in [-0.2, -0.15) is 4.90 Å². The summed E-state index contributed by atoms with van der Waals surface area (Å²) in [5.74, 6) is 0. The largest absolute Gasteiger partial charge is 2.00 e. The summed E-state index contributed by atoms with van der Waals surface area (Å²) in [6.07, 6.45) is 0. The van der Waals surface area contributed by atoms with Crippen LogP contribution in [0.2, 0.25) is 0 Å². The van der Waals surface area contributed by atoms with E-state index in [-0.39, 0.29) is 35.5 Å². The third-order valence-electron chi connectivity index (χ3n) is 0.743. The zero-order chi connectivity index (χ0) is 5.11. The summed E-state index contributed by atoms with van der Waals surface area (Å²) in [4.78, 5) is 0.905. The second kappa shape index (κ2) is 6.61. The van der Waals surface area contributed by atoms with Crippen molar-refractivity contribution in [3.8, 4) is 0 Å². The number of rotatable bonds is 0. The van der Waals surface area contributed by atoms with Crippen LogP contribution in [0.5, 0.6) is 0 Å². The van der Waals surface area contributed by atoms with E-state index in [0.29, 0.717) is 0 Å². The molecule has 0 unspecified atom stereocenters. The van der Waals surface area contributed by atoms with Gasteiger partial charge in [0.25, 0.3) is 0 Å². The quantitative estimate of drug-likeness (QED) is 0.326. The van der Waals surface area contributed by atoms with E-state index in [4.69, 9.17) is 12.6 Å². The monoisotopic (exact) mass is 168 g/mol.